The number of hydroxylamine groups is 1. The highest BCUT2D eigenvalue weighted by Crippen LogP contribution is 2.08. The van der Waals surface area contributed by atoms with E-state index in [1.165, 1.54) is 11.6 Å². The van der Waals surface area contributed by atoms with Crippen LogP contribution in [0.25, 0.3) is 6.08 Å². The van der Waals surface area contributed by atoms with Gasteiger partial charge < -0.3 is 10.4 Å². The number of carboxylic acids is 1. The molecule has 0 unspecified atom stereocenters. The molecule has 0 aliphatic carbocycles. The Labute approximate surface area is 136 Å². The lowest BCUT2D eigenvalue weighted by atomic mass is 10.0. The molecule has 1 amide bonds. The fourth-order valence-electron chi connectivity index (χ4n) is 2.14. The van der Waals surface area contributed by atoms with Crippen LogP contribution in [0.2, 0.25) is 0 Å². The largest absolute Gasteiger partial charge is 0.480 e. The molecule has 0 spiro atoms. The van der Waals surface area contributed by atoms with Crippen LogP contribution in [0.5, 0.6) is 0 Å². The fraction of sp³-hybridized carbons (Fsp3) is 0.412. The maximum absolute atomic E-state index is 11.2. The van der Waals surface area contributed by atoms with Crippen molar-refractivity contribution in [3.8, 4) is 0 Å². The second-order valence-corrected chi connectivity index (χ2v) is 5.78. The quantitative estimate of drug-likeness (QED) is 0.316. The Morgan fingerprint density at radius 3 is 2.39 bits per heavy atom. The minimum absolute atomic E-state index is 0.325. The summed E-state index contributed by atoms with van der Waals surface area (Å²) in [6.07, 6.45) is 4.16. The van der Waals surface area contributed by atoms with Gasteiger partial charge >= 0.3 is 5.97 Å². The van der Waals surface area contributed by atoms with Gasteiger partial charge in [0.15, 0.2) is 0 Å². The molecule has 0 fully saturated rings. The first-order chi connectivity index (χ1) is 10.9. The van der Waals surface area contributed by atoms with E-state index in [2.05, 4.69) is 5.32 Å². The molecule has 6 nitrogen and oxygen atoms in total. The molecule has 126 valence electrons. The van der Waals surface area contributed by atoms with Gasteiger partial charge in [0.1, 0.15) is 6.04 Å². The van der Waals surface area contributed by atoms with Gasteiger partial charge in [0, 0.05) is 6.08 Å². The fourth-order valence-corrected chi connectivity index (χ4v) is 2.14. The molecule has 4 N–H and O–H groups in total. The summed E-state index contributed by atoms with van der Waals surface area (Å²) < 4.78 is 0. The number of hydrogen-bond acceptors (Lipinski definition) is 4. The van der Waals surface area contributed by atoms with E-state index in [1.807, 2.05) is 38.1 Å². The van der Waals surface area contributed by atoms with E-state index >= 15 is 0 Å². The van der Waals surface area contributed by atoms with Gasteiger partial charge in [-0.3, -0.25) is 14.8 Å². The summed E-state index contributed by atoms with van der Waals surface area (Å²) in [4.78, 5) is 22.0. The smallest absolute Gasteiger partial charge is 0.320 e. The van der Waals surface area contributed by atoms with Crippen LogP contribution in [0, 0.1) is 5.92 Å². The molecule has 0 aromatic heterocycles. The van der Waals surface area contributed by atoms with Gasteiger partial charge in [-0.05, 0) is 42.5 Å². The van der Waals surface area contributed by atoms with Crippen LogP contribution < -0.4 is 10.8 Å². The number of rotatable bonds is 9. The van der Waals surface area contributed by atoms with Crippen molar-refractivity contribution < 1.29 is 19.9 Å². The number of carbonyl (C=O) groups excluding carboxylic acids is 1. The zero-order valence-electron chi connectivity index (χ0n) is 13.5. The normalized spacial score (nSPS) is 12.5. The predicted octanol–water partition coefficient (Wildman–Crippen LogP) is 1.84. The zero-order chi connectivity index (χ0) is 17.2. The molecule has 23 heavy (non-hydrogen) atoms. The van der Waals surface area contributed by atoms with E-state index in [0.29, 0.717) is 18.9 Å². The molecule has 0 radical (unpaired) electrons. The van der Waals surface area contributed by atoms with E-state index in [4.69, 9.17) is 10.3 Å². The monoisotopic (exact) mass is 320 g/mol. The summed E-state index contributed by atoms with van der Waals surface area (Å²) in [6.45, 7) is 4.59. The zero-order valence-corrected chi connectivity index (χ0v) is 13.5. The van der Waals surface area contributed by atoms with Crippen LogP contribution in [0.3, 0.4) is 0 Å². The Hall–Kier alpha value is -2.18. The summed E-state index contributed by atoms with van der Waals surface area (Å²) in [6, 6.07) is 7.06. The minimum Gasteiger partial charge on any atom is -0.480 e. The third kappa shape index (κ3) is 7.58. The van der Waals surface area contributed by atoms with Crippen LogP contribution in [0.1, 0.15) is 31.4 Å². The molecule has 0 aliphatic heterocycles. The Balaban J connectivity index is 2.47. The number of carbonyl (C=O) groups is 2. The third-order valence-electron chi connectivity index (χ3n) is 3.33. The van der Waals surface area contributed by atoms with Crippen molar-refractivity contribution in [2.24, 2.45) is 5.92 Å². The highest BCUT2D eigenvalue weighted by atomic mass is 16.5. The first-order valence-corrected chi connectivity index (χ1v) is 7.59. The first kappa shape index (κ1) is 18.9. The van der Waals surface area contributed by atoms with E-state index in [-0.39, 0.29) is 0 Å². The summed E-state index contributed by atoms with van der Waals surface area (Å²) in [7, 11) is 0. The van der Waals surface area contributed by atoms with Crippen LogP contribution in [-0.4, -0.2) is 34.8 Å². The molecule has 0 saturated carbocycles. The summed E-state index contributed by atoms with van der Waals surface area (Å²) in [5.41, 5.74) is 3.45. The molecule has 1 atom stereocenters. The maximum atomic E-state index is 11.2. The number of amides is 1. The molecule has 1 aromatic rings. The summed E-state index contributed by atoms with van der Waals surface area (Å²) >= 11 is 0. The average Bonchev–Trinajstić information content (AvgIpc) is 2.52. The van der Waals surface area contributed by atoms with E-state index in [9.17, 15) is 9.59 Å². The van der Waals surface area contributed by atoms with Crippen molar-refractivity contribution in [3.63, 3.8) is 0 Å². The van der Waals surface area contributed by atoms with Gasteiger partial charge in [-0.25, -0.2) is 5.48 Å². The van der Waals surface area contributed by atoms with Crippen LogP contribution in [0.15, 0.2) is 30.3 Å². The Morgan fingerprint density at radius 2 is 1.87 bits per heavy atom. The van der Waals surface area contributed by atoms with Gasteiger partial charge in [0.2, 0.25) is 0 Å². The van der Waals surface area contributed by atoms with Gasteiger partial charge in [0.05, 0.1) is 0 Å². The second kappa shape index (κ2) is 9.76. The van der Waals surface area contributed by atoms with Crippen molar-refractivity contribution in [1.29, 1.82) is 0 Å². The van der Waals surface area contributed by atoms with E-state index in [1.54, 1.807) is 6.08 Å². The van der Waals surface area contributed by atoms with Crippen LogP contribution in [0.4, 0.5) is 0 Å². The molecule has 6 heteroatoms. The van der Waals surface area contributed by atoms with Crippen molar-refractivity contribution in [2.75, 3.05) is 6.54 Å². The van der Waals surface area contributed by atoms with Gasteiger partial charge in [0.25, 0.3) is 5.91 Å². The topological polar surface area (TPSA) is 98.7 Å². The molecule has 0 heterocycles. The lowest BCUT2D eigenvalue weighted by Crippen LogP contribution is -2.38. The third-order valence-corrected chi connectivity index (χ3v) is 3.33. The second-order valence-electron chi connectivity index (χ2n) is 5.78. The van der Waals surface area contributed by atoms with Crippen LogP contribution in [-0.2, 0) is 16.0 Å². The van der Waals surface area contributed by atoms with Crippen molar-refractivity contribution in [3.05, 3.63) is 41.5 Å². The molecular formula is C17H24N2O4. The molecule has 0 saturated heterocycles. The van der Waals surface area contributed by atoms with Gasteiger partial charge in [-0.1, -0.05) is 38.1 Å². The average molecular weight is 320 g/mol. The SMILES string of the molecule is CC(C)C[C@H](NCCc1ccc(/C=C/C(=O)NO)cc1)C(=O)O. The van der Waals surface area contributed by atoms with E-state index in [0.717, 1.165) is 17.5 Å². The van der Waals surface area contributed by atoms with Gasteiger partial charge in [-0.15, -0.1) is 0 Å². The lowest BCUT2D eigenvalue weighted by molar-refractivity contribution is -0.139. The maximum Gasteiger partial charge on any atom is 0.320 e. The highest BCUT2D eigenvalue weighted by molar-refractivity contribution is 5.90. The van der Waals surface area contributed by atoms with Gasteiger partial charge in [-0.2, -0.15) is 0 Å². The van der Waals surface area contributed by atoms with Crippen molar-refractivity contribution in [1.82, 2.24) is 10.8 Å². The number of hydrogen-bond donors (Lipinski definition) is 4. The number of aliphatic carboxylic acids is 1. The number of nitrogens with one attached hydrogen (secondary N) is 2. The molecule has 1 rings (SSSR count). The molecule has 0 bridgehead atoms. The van der Waals surface area contributed by atoms with E-state index < -0.39 is 17.9 Å². The summed E-state index contributed by atoms with van der Waals surface area (Å²) in [5.74, 6) is -1.07. The first-order valence-electron chi connectivity index (χ1n) is 7.59. The van der Waals surface area contributed by atoms with Crippen LogP contribution >= 0.6 is 0 Å². The lowest BCUT2D eigenvalue weighted by Gasteiger charge is -2.16. The standard InChI is InChI=1S/C17H24N2O4/c1-12(2)11-15(17(21)22)18-10-9-14-5-3-13(4-6-14)7-8-16(20)19-23/h3-8,12,15,18,23H,9-11H2,1-2H3,(H,19,20)(H,21,22)/b8-7+/t15-/m0/s1. The molecule has 0 aliphatic rings. The Kier molecular flexibility index (Phi) is 8.01. The predicted molar refractivity (Wildman–Crippen MR) is 88.0 cm³/mol. The Morgan fingerprint density at radius 1 is 1.22 bits per heavy atom. The highest BCUT2D eigenvalue weighted by Gasteiger charge is 2.17. The Bertz CT molecular complexity index is 538. The minimum atomic E-state index is -0.818. The number of benzene rings is 1. The van der Waals surface area contributed by atoms with Crippen molar-refractivity contribution >= 4 is 18.0 Å². The van der Waals surface area contributed by atoms with Crippen molar-refractivity contribution in [2.45, 2.75) is 32.7 Å². The molecular weight excluding hydrogens is 296 g/mol. The number of carboxylic acid groups (broad SMARTS) is 1. The molecule has 1 aromatic carbocycles. The summed E-state index contributed by atoms with van der Waals surface area (Å²) in [5, 5.41) is 20.6.